The van der Waals surface area contributed by atoms with E-state index in [1.165, 1.54) is 5.56 Å². The van der Waals surface area contributed by atoms with E-state index < -0.39 is 0 Å². The van der Waals surface area contributed by atoms with Gasteiger partial charge in [0.25, 0.3) is 0 Å². The van der Waals surface area contributed by atoms with Crippen molar-refractivity contribution in [3.8, 4) is 0 Å². The molecule has 0 bridgehead atoms. The van der Waals surface area contributed by atoms with Gasteiger partial charge in [-0.25, -0.2) is 0 Å². The van der Waals surface area contributed by atoms with Gasteiger partial charge in [0.2, 0.25) is 0 Å². The van der Waals surface area contributed by atoms with E-state index in [2.05, 4.69) is 52.8 Å². The molecule has 10 heavy (non-hydrogen) atoms. The summed E-state index contributed by atoms with van der Waals surface area (Å²) in [5.41, 5.74) is 1.19. The Labute approximate surface area is 84.6 Å². The zero-order chi connectivity index (χ0) is 7.56. The number of hydrogen-bond donors (Lipinski definition) is 0. The van der Waals surface area contributed by atoms with Crippen LogP contribution in [0.4, 0.5) is 0 Å². The first-order chi connectivity index (χ1) is 4.75. The summed E-state index contributed by atoms with van der Waals surface area (Å²) in [5.74, 6) is 0. The van der Waals surface area contributed by atoms with Crippen LogP contribution in [0.25, 0.3) is 0 Å². The highest BCUT2D eigenvalue weighted by Gasteiger charge is 2.01. The minimum absolute atomic E-state index is 0.830. The Morgan fingerprint density at radius 2 is 1.70 bits per heavy atom. The molecule has 1 rings (SSSR count). The third kappa shape index (κ3) is 1.80. The highest BCUT2D eigenvalue weighted by atomic mass is 79.9. The first-order valence-electron chi connectivity index (χ1n) is 2.59. The minimum atomic E-state index is 0.830. The summed E-state index contributed by atoms with van der Waals surface area (Å²) in [5, 5.41) is 0.830. The summed E-state index contributed by atoms with van der Waals surface area (Å²) in [6.45, 7) is 0. The predicted octanol–water partition coefficient (Wildman–Crippen LogP) is 3.50. The van der Waals surface area contributed by atoms with Gasteiger partial charge >= 0.3 is 0 Å². The van der Waals surface area contributed by atoms with Crippen LogP contribution in [0.2, 0.25) is 0 Å². The summed E-state index contributed by atoms with van der Waals surface area (Å²) in [4.78, 5) is 3.98. The summed E-state index contributed by atoms with van der Waals surface area (Å²) < 4.78 is 2.05. The van der Waals surface area contributed by atoms with Crippen molar-refractivity contribution in [1.82, 2.24) is 4.98 Å². The van der Waals surface area contributed by atoms with E-state index in [9.17, 15) is 0 Å². The lowest BCUT2D eigenvalue weighted by atomic mass is 10.3. The van der Waals surface area contributed by atoms with Crippen LogP contribution in [-0.4, -0.2) is 4.98 Å². The lowest BCUT2D eigenvalue weighted by Crippen LogP contribution is -1.83. The van der Waals surface area contributed by atoms with Crippen LogP contribution in [0.1, 0.15) is 5.56 Å². The van der Waals surface area contributed by atoms with Crippen molar-refractivity contribution < 1.29 is 0 Å². The van der Waals surface area contributed by atoms with Crippen LogP contribution < -0.4 is 0 Å². The van der Waals surface area contributed by atoms with Crippen molar-refractivity contribution in [2.24, 2.45) is 0 Å². The second-order valence-corrected chi connectivity index (χ2v) is 3.98. The van der Waals surface area contributed by atoms with Crippen molar-refractivity contribution in [2.45, 2.75) is 5.33 Å². The molecule has 0 aliphatic rings. The van der Waals surface area contributed by atoms with E-state index in [0.29, 0.717) is 0 Å². The lowest BCUT2D eigenvalue weighted by Gasteiger charge is -2.00. The summed E-state index contributed by atoms with van der Waals surface area (Å²) in [6.07, 6.45) is 3.56. The maximum atomic E-state index is 3.98. The standard InChI is InChI=1S/C6H4Br3N/c7-1-4-5(8)2-10-3-6(4)9/h2-3H,1H2. The Morgan fingerprint density at radius 3 is 2.00 bits per heavy atom. The van der Waals surface area contributed by atoms with Crippen molar-refractivity contribution in [1.29, 1.82) is 0 Å². The Balaban J connectivity index is 3.17. The molecule has 0 unspecified atom stereocenters. The fourth-order valence-corrected chi connectivity index (χ4v) is 3.13. The third-order valence-electron chi connectivity index (χ3n) is 1.09. The zero-order valence-corrected chi connectivity index (χ0v) is 9.70. The van der Waals surface area contributed by atoms with Gasteiger partial charge in [-0.1, -0.05) is 15.9 Å². The number of aromatic nitrogens is 1. The Morgan fingerprint density at radius 1 is 1.20 bits per heavy atom. The maximum Gasteiger partial charge on any atom is 0.0414 e. The molecule has 1 heterocycles. The Kier molecular flexibility index (Phi) is 3.33. The molecule has 1 aromatic heterocycles. The number of hydrogen-bond acceptors (Lipinski definition) is 1. The monoisotopic (exact) mass is 327 g/mol. The Hall–Kier alpha value is 0.590. The molecule has 54 valence electrons. The van der Waals surface area contributed by atoms with Crippen LogP contribution in [0.15, 0.2) is 21.3 Å². The van der Waals surface area contributed by atoms with E-state index >= 15 is 0 Å². The van der Waals surface area contributed by atoms with Gasteiger partial charge in [0.15, 0.2) is 0 Å². The SMILES string of the molecule is BrCc1c(Br)cncc1Br. The van der Waals surface area contributed by atoms with Crippen molar-refractivity contribution >= 4 is 47.8 Å². The number of nitrogens with zero attached hydrogens (tertiary/aromatic N) is 1. The van der Waals surface area contributed by atoms with Gasteiger partial charge in [0.05, 0.1) is 0 Å². The normalized spacial score (nSPS) is 9.90. The van der Waals surface area contributed by atoms with Gasteiger partial charge in [-0.05, 0) is 37.4 Å². The van der Waals surface area contributed by atoms with Crippen molar-refractivity contribution in [3.05, 3.63) is 26.9 Å². The number of alkyl halides is 1. The van der Waals surface area contributed by atoms with E-state index in [-0.39, 0.29) is 0 Å². The first kappa shape index (κ1) is 8.68. The molecule has 0 amide bonds. The molecule has 0 saturated carbocycles. The molecule has 0 radical (unpaired) electrons. The van der Waals surface area contributed by atoms with E-state index in [0.717, 1.165) is 14.3 Å². The third-order valence-corrected chi connectivity index (χ3v) is 3.01. The molecule has 0 spiro atoms. The second-order valence-electron chi connectivity index (χ2n) is 1.72. The molecular formula is C6H4Br3N. The maximum absolute atomic E-state index is 3.98. The summed E-state index contributed by atoms with van der Waals surface area (Å²) in [6, 6.07) is 0. The van der Waals surface area contributed by atoms with Gasteiger partial charge in [0.1, 0.15) is 0 Å². The fraction of sp³-hybridized carbons (Fsp3) is 0.167. The molecule has 0 aliphatic carbocycles. The molecule has 1 aromatic rings. The molecule has 0 atom stereocenters. The van der Waals surface area contributed by atoms with E-state index in [1.807, 2.05) is 0 Å². The molecule has 4 heteroatoms. The van der Waals surface area contributed by atoms with E-state index in [1.54, 1.807) is 12.4 Å². The van der Waals surface area contributed by atoms with E-state index in [4.69, 9.17) is 0 Å². The Bertz CT molecular complexity index is 216. The topological polar surface area (TPSA) is 12.9 Å². The van der Waals surface area contributed by atoms with Crippen LogP contribution in [0, 0.1) is 0 Å². The number of halogens is 3. The molecule has 0 N–H and O–H groups in total. The highest BCUT2D eigenvalue weighted by Crippen LogP contribution is 2.25. The largest absolute Gasteiger partial charge is 0.262 e. The van der Waals surface area contributed by atoms with Gasteiger partial charge in [0, 0.05) is 26.7 Å². The first-order valence-corrected chi connectivity index (χ1v) is 5.30. The smallest absolute Gasteiger partial charge is 0.0414 e. The second kappa shape index (κ2) is 3.83. The molecule has 1 nitrogen and oxygen atoms in total. The lowest BCUT2D eigenvalue weighted by molar-refractivity contribution is 1.23. The van der Waals surface area contributed by atoms with Crippen LogP contribution in [-0.2, 0) is 5.33 Å². The quantitative estimate of drug-likeness (QED) is 0.719. The predicted molar refractivity (Wildman–Crippen MR) is 52.3 cm³/mol. The summed E-state index contributed by atoms with van der Waals surface area (Å²) >= 11 is 10.1. The van der Waals surface area contributed by atoms with Crippen LogP contribution >= 0.6 is 47.8 Å². The van der Waals surface area contributed by atoms with Crippen molar-refractivity contribution in [2.75, 3.05) is 0 Å². The molecule has 0 saturated heterocycles. The van der Waals surface area contributed by atoms with Gasteiger partial charge in [-0.3, -0.25) is 4.98 Å². The molecular weight excluding hydrogens is 326 g/mol. The van der Waals surface area contributed by atoms with Crippen molar-refractivity contribution in [3.63, 3.8) is 0 Å². The van der Waals surface area contributed by atoms with Gasteiger partial charge in [-0.2, -0.15) is 0 Å². The number of pyridine rings is 1. The van der Waals surface area contributed by atoms with Crippen LogP contribution in [0.3, 0.4) is 0 Å². The zero-order valence-electron chi connectivity index (χ0n) is 4.94. The van der Waals surface area contributed by atoms with Gasteiger partial charge in [-0.15, -0.1) is 0 Å². The van der Waals surface area contributed by atoms with Crippen LogP contribution in [0.5, 0.6) is 0 Å². The molecule has 0 fully saturated rings. The van der Waals surface area contributed by atoms with Gasteiger partial charge < -0.3 is 0 Å². The average molecular weight is 330 g/mol. The average Bonchev–Trinajstić information content (AvgIpc) is 1.88. The number of rotatable bonds is 1. The molecule has 0 aromatic carbocycles. The highest BCUT2D eigenvalue weighted by molar-refractivity contribution is 9.11. The fourth-order valence-electron chi connectivity index (χ4n) is 0.566. The minimum Gasteiger partial charge on any atom is -0.262 e. The molecule has 0 aliphatic heterocycles. The summed E-state index contributed by atoms with van der Waals surface area (Å²) in [7, 11) is 0.